The summed E-state index contributed by atoms with van der Waals surface area (Å²) in [5.74, 6) is 0.0736. The highest BCUT2D eigenvalue weighted by molar-refractivity contribution is 7.27. The zero-order valence-electron chi connectivity index (χ0n) is 19.4. The predicted octanol–water partition coefficient (Wildman–Crippen LogP) is 4.17. The van der Waals surface area contributed by atoms with Gasteiger partial charge in [-0.15, -0.1) is 9.24 Å². The molecule has 0 aliphatic carbocycles. The normalized spacial score (nSPS) is 18.1. The minimum absolute atomic E-state index is 0.193. The first-order chi connectivity index (χ1) is 16.4. The molecule has 0 saturated carbocycles. The number of H-pyrrole nitrogens is 1. The molecule has 3 N–H and O–H groups in total. The summed E-state index contributed by atoms with van der Waals surface area (Å²) >= 11 is 0. The minimum atomic E-state index is -0.314. The Morgan fingerprint density at radius 2 is 2.03 bits per heavy atom. The summed E-state index contributed by atoms with van der Waals surface area (Å²) in [6, 6.07) is 11.2. The summed E-state index contributed by atoms with van der Waals surface area (Å²) < 4.78 is 14.0. The van der Waals surface area contributed by atoms with Crippen LogP contribution in [0.25, 0.3) is 11.1 Å². The quantitative estimate of drug-likeness (QED) is 0.381. The molecule has 34 heavy (non-hydrogen) atoms. The smallest absolute Gasteiger partial charge is 0.257 e. The van der Waals surface area contributed by atoms with Crippen molar-refractivity contribution in [2.75, 3.05) is 30.3 Å². The number of aryl methyl sites for hydroxylation is 1. The van der Waals surface area contributed by atoms with Gasteiger partial charge in [0, 0.05) is 58.8 Å². The first-order valence-corrected chi connectivity index (χ1v) is 12.3. The highest BCUT2D eigenvalue weighted by atomic mass is 31.0. The number of imidazole rings is 1. The van der Waals surface area contributed by atoms with Crippen LogP contribution in [-0.2, 0) is 4.79 Å². The van der Waals surface area contributed by atoms with E-state index < -0.39 is 0 Å². The maximum absolute atomic E-state index is 14.0. The standard InChI is InChI=1S/C26H29FN5OP/c1-3-32-10-8-17(9-11-32)30-18-5-7-21-19(13-18)24(26(33)31-21)23(25-28-14-15(2)29-25)16-4-6-20(27)22(34)12-16/h4-7,12-14,17,30H,3,8-11,34H2,1-2H3,(H,28,29)(H,31,33)/b24-23-. The molecule has 2 aliphatic rings. The molecule has 0 spiro atoms. The number of benzene rings is 2. The van der Waals surface area contributed by atoms with Gasteiger partial charge in [-0.2, -0.15) is 0 Å². The van der Waals surface area contributed by atoms with E-state index in [1.807, 2.05) is 25.1 Å². The number of aromatic amines is 1. The number of nitrogens with one attached hydrogen (secondary N) is 3. The van der Waals surface area contributed by atoms with Gasteiger partial charge in [0.05, 0.1) is 5.57 Å². The number of fused-ring (bicyclic) bond motifs is 1. The molecule has 1 aromatic heterocycles. The van der Waals surface area contributed by atoms with E-state index in [1.165, 1.54) is 6.07 Å². The van der Waals surface area contributed by atoms with Crippen LogP contribution in [0.1, 0.15) is 42.4 Å². The Morgan fingerprint density at radius 3 is 2.71 bits per heavy atom. The van der Waals surface area contributed by atoms with E-state index in [-0.39, 0.29) is 11.7 Å². The summed E-state index contributed by atoms with van der Waals surface area (Å²) in [4.78, 5) is 23.5. The summed E-state index contributed by atoms with van der Waals surface area (Å²) in [6.07, 6.45) is 3.91. The third-order valence-corrected chi connectivity index (χ3v) is 7.09. The van der Waals surface area contributed by atoms with E-state index in [9.17, 15) is 9.18 Å². The molecule has 176 valence electrons. The number of likely N-dealkylation sites (tertiary alicyclic amines) is 1. The predicted molar refractivity (Wildman–Crippen MR) is 139 cm³/mol. The maximum atomic E-state index is 14.0. The average molecular weight is 478 g/mol. The van der Waals surface area contributed by atoms with Gasteiger partial charge in [-0.3, -0.25) is 4.79 Å². The third kappa shape index (κ3) is 4.38. The number of carbonyl (C=O) groups excluding carboxylic acids is 1. The number of amides is 1. The van der Waals surface area contributed by atoms with Gasteiger partial charge >= 0.3 is 0 Å². The van der Waals surface area contributed by atoms with E-state index in [1.54, 1.807) is 18.3 Å². The van der Waals surface area contributed by atoms with Crippen LogP contribution in [0.2, 0.25) is 0 Å². The van der Waals surface area contributed by atoms with Crippen LogP contribution in [0.3, 0.4) is 0 Å². The Labute approximate surface area is 201 Å². The Balaban J connectivity index is 1.58. The van der Waals surface area contributed by atoms with Gasteiger partial charge in [0.15, 0.2) is 0 Å². The van der Waals surface area contributed by atoms with Crippen LogP contribution in [0.15, 0.2) is 42.6 Å². The van der Waals surface area contributed by atoms with Crippen molar-refractivity contribution in [1.29, 1.82) is 0 Å². The number of nitrogens with zero attached hydrogens (tertiary/aromatic N) is 2. The van der Waals surface area contributed by atoms with Gasteiger partial charge in [-0.1, -0.05) is 13.0 Å². The molecule has 1 saturated heterocycles. The second kappa shape index (κ2) is 9.32. The molecule has 2 aromatic carbocycles. The molecule has 3 aromatic rings. The van der Waals surface area contributed by atoms with Gasteiger partial charge in [0.2, 0.25) is 0 Å². The van der Waals surface area contributed by atoms with Gasteiger partial charge in [-0.25, -0.2) is 9.37 Å². The molecule has 8 heteroatoms. The Bertz CT molecular complexity index is 1280. The minimum Gasteiger partial charge on any atom is -0.382 e. The molecule has 3 heterocycles. The first-order valence-electron chi connectivity index (χ1n) is 11.7. The monoisotopic (exact) mass is 477 g/mol. The SMILES string of the molecule is CCN1CCC(Nc2ccc3c(c2)/C(=C(\c2ccc(F)c(P)c2)c2ncc(C)[nH]2)C(=O)N3)CC1. The van der Waals surface area contributed by atoms with E-state index in [4.69, 9.17) is 0 Å². The lowest BCUT2D eigenvalue weighted by molar-refractivity contribution is -0.110. The maximum Gasteiger partial charge on any atom is 0.257 e. The highest BCUT2D eigenvalue weighted by Gasteiger charge is 2.30. The van der Waals surface area contributed by atoms with E-state index in [0.717, 1.165) is 60.7 Å². The number of hydrogen-bond acceptors (Lipinski definition) is 4. The van der Waals surface area contributed by atoms with Crippen LogP contribution < -0.4 is 15.9 Å². The number of aromatic nitrogens is 2. The third-order valence-electron chi connectivity index (χ3n) is 6.64. The zero-order valence-corrected chi connectivity index (χ0v) is 20.6. The fraction of sp³-hybridized carbons (Fsp3) is 0.308. The second-order valence-corrected chi connectivity index (χ2v) is 9.59. The topological polar surface area (TPSA) is 73.0 Å². The van der Waals surface area contributed by atoms with Crippen molar-refractivity contribution in [2.24, 2.45) is 0 Å². The van der Waals surface area contributed by atoms with Crippen molar-refractivity contribution in [2.45, 2.75) is 32.7 Å². The van der Waals surface area contributed by atoms with Crippen molar-refractivity contribution in [3.05, 3.63) is 71.1 Å². The van der Waals surface area contributed by atoms with Crippen molar-refractivity contribution in [1.82, 2.24) is 14.9 Å². The molecule has 0 radical (unpaired) electrons. The lowest BCUT2D eigenvalue weighted by atomic mass is 9.94. The van der Waals surface area contributed by atoms with Crippen molar-refractivity contribution in [3.8, 4) is 0 Å². The number of hydrogen-bond donors (Lipinski definition) is 3. The number of halogens is 1. The van der Waals surface area contributed by atoms with Crippen LogP contribution >= 0.6 is 9.24 Å². The molecule has 1 atom stereocenters. The van der Waals surface area contributed by atoms with Crippen molar-refractivity contribution < 1.29 is 9.18 Å². The first kappa shape index (κ1) is 22.8. The van der Waals surface area contributed by atoms with Gasteiger partial charge in [-0.05, 0) is 62.2 Å². The molecule has 2 aliphatic heterocycles. The number of carbonyl (C=O) groups is 1. The molecule has 1 amide bonds. The van der Waals surface area contributed by atoms with Gasteiger partial charge in [0.25, 0.3) is 5.91 Å². The number of piperidine rings is 1. The summed E-state index contributed by atoms with van der Waals surface area (Å²) in [7, 11) is 2.42. The summed E-state index contributed by atoms with van der Waals surface area (Å²) in [5.41, 5.74) is 5.37. The summed E-state index contributed by atoms with van der Waals surface area (Å²) in [6.45, 7) is 7.39. The summed E-state index contributed by atoms with van der Waals surface area (Å²) in [5, 5.41) is 7.09. The zero-order chi connectivity index (χ0) is 23.8. The lowest BCUT2D eigenvalue weighted by Gasteiger charge is -2.32. The second-order valence-electron chi connectivity index (χ2n) is 8.97. The lowest BCUT2D eigenvalue weighted by Crippen LogP contribution is -2.38. The Hall–Kier alpha value is -3.02. The molecule has 1 fully saturated rings. The average Bonchev–Trinajstić information content (AvgIpc) is 3.40. The van der Waals surface area contributed by atoms with Gasteiger partial charge in [0.1, 0.15) is 11.6 Å². The van der Waals surface area contributed by atoms with E-state index in [2.05, 4.69) is 41.7 Å². The molecular formula is C26H29FN5OP. The van der Waals surface area contributed by atoms with Crippen LogP contribution in [0, 0.1) is 12.7 Å². The molecule has 1 unspecified atom stereocenters. The van der Waals surface area contributed by atoms with E-state index >= 15 is 0 Å². The largest absolute Gasteiger partial charge is 0.382 e. The van der Waals surface area contributed by atoms with Crippen LogP contribution in [0.5, 0.6) is 0 Å². The van der Waals surface area contributed by atoms with Gasteiger partial charge < -0.3 is 20.5 Å². The molecule has 5 rings (SSSR count). The van der Waals surface area contributed by atoms with Crippen LogP contribution in [0.4, 0.5) is 15.8 Å². The molecule has 6 nitrogen and oxygen atoms in total. The Kier molecular flexibility index (Phi) is 6.24. The van der Waals surface area contributed by atoms with Crippen LogP contribution in [-0.4, -0.2) is 46.5 Å². The van der Waals surface area contributed by atoms with E-state index in [0.29, 0.717) is 28.3 Å². The molecular weight excluding hydrogens is 448 g/mol. The fourth-order valence-electron chi connectivity index (χ4n) is 4.77. The number of rotatable bonds is 5. The fourth-order valence-corrected chi connectivity index (χ4v) is 5.05. The Morgan fingerprint density at radius 1 is 1.24 bits per heavy atom. The number of anilines is 2. The van der Waals surface area contributed by atoms with Crippen molar-refractivity contribution in [3.63, 3.8) is 0 Å². The highest BCUT2D eigenvalue weighted by Crippen LogP contribution is 2.40. The molecule has 0 bridgehead atoms. The van der Waals surface area contributed by atoms with Crippen molar-refractivity contribution >= 4 is 43.0 Å².